The third kappa shape index (κ3) is 3.44. The van der Waals surface area contributed by atoms with Gasteiger partial charge < -0.3 is 19.7 Å². The van der Waals surface area contributed by atoms with E-state index in [0.717, 1.165) is 13.1 Å². The summed E-state index contributed by atoms with van der Waals surface area (Å²) in [6.45, 7) is 14.5. The van der Waals surface area contributed by atoms with Gasteiger partial charge in [-0.05, 0) is 53.6 Å². The fourth-order valence-corrected chi connectivity index (χ4v) is 4.43. The Morgan fingerprint density at radius 2 is 1.90 bits per heavy atom. The normalized spacial score (nSPS) is 39.6. The number of methoxy groups -OCH3 is 1. The molecule has 0 saturated carbocycles. The second kappa shape index (κ2) is 6.15. The van der Waals surface area contributed by atoms with E-state index in [4.69, 9.17) is 9.47 Å². The number of rotatable bonds is 4. The topological polar surface area (TPSA) is 33.7 Å². The van der Waals surface area contributed by atoms with Crippen LogP contribution >= 0.6 is 0 Å². The van der Waals surface area contributed by atoms with Gasteiger partial charge in [0.1, 0.15) is 0 Å². The van der Waals surface area contributed by atoms with Crippen molar-refractivity contribution in [3.05, 3.63) is 0 Å². The molecule has 4 atom stereocenters. The Balaban J connectivity index is 2.07. The SMILES string of the molecule is CNC1C(CN2CCC(C)C(OC)C2)C(C)(C)OC1(C)C. The predicted molar refractivity (Wildman–Crippen MR) is 86.6 cm³/mol. The molecule has 124 valence electrons. The number of piperidine rings is 1. The van der Waals surface area contributed by atoms with Crippen molar-refractivity contribution in [1.82, 2.24) is 10.2 Å². The molecule has 4 heteroatoms. The van der Waals surface area contributed by atoms with E-state index in [1.807, 2.05) is 7.11 Å². The highest BCUT2D eigenvalue weighted by Gasteiger charge is 2.53. The lowest BCUT2D eigenvalue weighted by molar-refractivity contribution is -0.0819. The van der Waals surface area contributed by atoms with Gasteiger partial charge in [-0.2, -0.15) is 0 Å². The van der Waals surface area contributed by atoms with Crippen molar-refractivity contribution in [3.63, 3.8) is 0 Å². The van der Waals surface area contributed by atoms with E-state index in [1.165, 1.54) is 13.0 Å². The second-order valence-corrected chi connectivity index (χ2v) is 7.98. The highest BCUT2D eigenvalue weighted by Crippen LogP contribution is 2.42. The average molecular weight is 298 g/mol. The molecule has 4 unspecified atom stereocenters. The molecule has 2 saturated heterocycles. The van der Waals surface area contributed by atoms with Crippen LogP contribution in [0.1, 0.15) is 41.0 Å². The quantitative estimate of drug-likeness (QED) is 0.862. The molecule has 0 amide bonds. The smallest absolute Gasteiger partial charge is 0.0790 e. The van der Waals surface area contributed by atoms with Crippen molar-refractivity contribution < 1.29 is 9.47 Å². The molecule has 2 aliphatic rings. The van der Waals surface area contributed by atoms with Crippen LogP contribution < -0.4 is 5.32 Å². The lowest BCUT2D eigenvalue weighted by Gasteiger charge is -2.40. The number of ether oxygens (including phenoxy) is 2. The third-order valence-corrected chi connectivity index (χ3v) is 5.61. The number of hydrogen-bond donors (Lipinski definition) is 1. The van der Waals surface area contributed by atoms with Crippen LogP contribution in [0, 0.1) is 11.8 Å². The molecule has 4 nitrogen and oxygen atoms in total. The number of nitrogens with one attached hydrogen (secondary N) is 1. The van der Waals surface area contributed by atoms with E-state index in [-0.39, 0.29) is 11.2 Å². The van der Waals surface area contributed by atoms with E-state index in [9.17, 15) is 0 Å². The second-order valence-electron chi connectivity index (χ2n) is 7.98. The summed E-state index contributed by atoms with van der Waals surface area (Å²) in [5.74, 6) is 1.15. The molecule has 0 aromatic rings. The summed E-state index contributed by atoms with van der Waals surface area (Å²) in [5, 5.41) is 3.50. The highest BCUT2D eigenvalue weighted by molar-refractivity contribution is 5.06. The maximum Gasteiger partial charge on any atom is 0.0790 e. The van der Waals surface area contributed by atoms with Crippen LogP contribution in [0.25, 0.3) is 0 Å². The van der Waals surface area contributed by atoms with E-state index in [2.05, 4.69) is 51.9 Å². The zero-order valence-electron chi connectivity index (χ0n) is 14.9. The Morgan fingerprint density at radius 1 is 1.24 bits per heavy atom. The first-order valence-electron chi connectivity index (χ1n) is 8.34. The molecule has 21 heavy (non-hydrogen) atoms. The van der Waals surface area contributed by atoms with E-state index in [0.29, 0.717) is 24.0 Å². The van der Waals surface area contributed by atoms with Gasteiger partial charge in [0.15, 0.2) is 0 Å². The molecule has 0 bridgehead atoms. The summed E-state index contributed by atoms with van der Waals surface area (Å²) < 4.78 is 12.0. The van der Waals surface area contributed by atoms with Gasteiger partial charge in [-0.15, -0.1) is 0 Å². The van der Waals surface area contributed by atoms with Gasteiger partial charge in [0.25, 0.3) is 0 Å². The molecule has 0 aromatic heterocycles. The number of nitrogens with zero attached hydrogens (tertiary/aromatic N) is 1. The first kappa shape index (κ1) is 17.2. The third-order valence-electron chi connectivity index (χ3n) is 5.61. The summed E-state index contributed by atoms with van der Waals surface area (Å²) in [5.41, 5.74) is -0.213. The van der Waals surface area contributed by atoms with Crippen molar-refractivity contribution in [1.29, 1.82) is 0 Å². The lowest BCUT2D eigenvalue weighted by atomic mass is 9.81. The average Bonchev–Trinajstić information content (AvgIpc) is 2.56. The standard InChI is InChI=1S/C17H34N2O2/c1-12-8-9-19(11-14(12)20-7)10-13-15(18-6)17(4,5)21-16(13,2)3/h12-15,18H,8-11H2,1-7H3. The van der Waals surface area contributed by atoms with Crippen molar-refractivity contribution >= 4 is 0 Å². The van der Waals surface area contributed by atoms with Crippen LogP contribution in [0.4, 0.5) is 0 Å². The zero-order chi connectivity index (χ0) is 15.8. The monoisotopic (exact) mass is 298 g/mol. The Morgan fingerprint density at radius 3 is 2.48 bits per heavy atom. The van der Waals surface area contributed by atoms with Crippen molar-refractivity contribution in [2.75, 3.05) is 33.8 Å². The summed E-state index contributed by atoms with van der Waals surface area (Å²) in [6.07, 6.45) is 1.59. The van der Waals surface area contributed by atoms with Gasteiger partial charge in [-0.25, -0.2) is 0 Å². The van der Waals surface area contributed by atoms with Crippen LogP contribution in [-0.4, -0.2) is 62.0 Å². The number of hydrogen-bond acceptors (Lipinski definition) is 4. The van der Waals surface area contributed by atoms with Crippen LogP contribution in [0.15, 0.2) is 0 Å². The lowest BCUT2D eigenvalue weighted by Crippen LogP contribution is -2.52. The number of likely N-dealkylation sites (N-methyl/N-ethyl adjacent to an activating group) is 1. The predicted octanol–water partition coefficient (Wildman–Crippen LogP) is 2.13. The van der Waals surface area contributed by atoms with E-state index >= 15 is 0 Å². The van der Waals surface area contributed by atoms with Crippen LogP contribution in [-0.2, 0) is 9.47 Å². The van der Waals surface area contributed by atoms with Crippen molar-refractivity contribution in [2.45, 2.75) is 64.4 Å². The fraction of sp³-hybridized carbons (Fsp3) is 1.00. The molecule has 2 rings (SSSR count). The zero-order valence-corrected chi connectivity index (χ0v) is 14.9. The maximum atomic E-state index is 6.35. The molecule has 0 aliphatic carbocycles. The molecule has 2 fully saturated rings. The van der Waals surface area contributed by atoms with Gasteiger partial charge in [-0.3, -0.25) is 0 Å². The van der Waals surface area contributed by atoms with Gasteiger partial charge >= 0.3 is 0 Å². The summed E-state index contributed by atoms with van der Waals surface area (Å²) >= 11 is 0. The minimum Gasteiger partial charge on any atom is -0.380 e. The van der Waals surface area contributed by atoms with Crippen LogP contribution in [0.5, 0.6) is 0 Å². The largest absolute Gasteiger partial charge is 0.380 e. The minimum absolute atomic E-state index is 0.0944. The van der Waals surface area contributed by atoms with Crippen molar-refractivity contribution in [3.8, 4) is 0 Å². The molecule has 0 spiro atoms. The molecule has 1 N–H and O–H groups in total. The Bertz CT molecular complexity index is 357. The van der Waals surface area contributed by atoms with E-state index < -0.39 is 0 Å². The Kier molecular flexibility index (Phi) is 5.04. The van der Waals surface area contributed by atoms with Gasteiger partial charge in [0, 0.05) is 32.2 Å². The molecule has 0 radical (unpaired) electrons. The van der Waals surface area contributed by atoms with Crippen molar-refractivity contribution in [2.24, 2.45) is 11.8 Å². The van der Waals surface area contributed by atoms with Gasteiger partial charge in [0.2, 0.25) is 0 Å². The Hall–Kier alpha value is -0.160. The molecule has 2 heterocycles. The number of likely N-dealkylation sites (tertiary alicyclic amines) is 1. The Labute approximate surface area is 130 Å². The van der Waals surface area contributed by atoms with Gasteiger partial charge in [-0.1, -0.05) is 6.92 Å². The first-order valence-corrected chi connectivity index (χ1v) is 8.34. The van der Waals surface area contributed by atoms with Gasteiger partial charge in [0.05, 0.1) is 17.3 Å². The molecular formula is C17H34N2O2. The summed E-state index contributed by atoms with van der Waals surface area (Å²) in [7, 11) is 3.90. The minimum atomic E-state index is -0.118. The molecule has 2 aliphatic heterocycles. The van der Waals surface area contributed by atoms with Crippen LogP contribution in [0.3, 0.4) is 0 Å². The first-order chi connectivity index (χ1) is 9.71. The van der Waals surface area contributed by atoms with E-state index in [1.54, 1.807) is 0 Å². The molecule has 0 aromatic carbocycles. The fourth-order valence-electron chi connectivity index (χ4n) is 4.43. The summed E-state index contributed by atoms with van der Waals surface area (Å²) in [6, 6.07) is 0.382. The molecular weight excluding hydrogens is 264 g/mol. The maximum absolute atomic E-state index is 6.35. The van der Waals surface area contributed by atoms with Crippen LogP contribution in [0.2, 0.25) is 0 Å². The highest BCUT2D eigenvalue weighted by atomic mass is 16.5. The summed E-state index contributed by atoms with van der Waals surface area (Å²) in [4.78, 5) is 2.57.